The fraction of sp³-hybridized carbons (Fsp3) is 0.533. The molecule has 2 aliphatic rings. The lowest BCUT2D eigenvalue weighted by Gasteiger charge is -2.28. The summed E-state index contributed by atoms with van der Waals surface area (Å²) in [5.74, 6) is -0.0808. The number of carbonyl (C=O) groups is 2. The van der Waals surface area contributed by atoms with Crippen LogP contribution < -0.4 is 10.1 Å². The van der Waals surface area contributed by atoms with Gasteiger partial charge in [-0.25, -0.2) is 4.98 Å². The van der Waals surface area contributed by atoms with E-state index in [9.17, 15) is 9.59 Å². The molecule has 41 heavy (non-hydrogen) atoms. The van der Waals surface area contributed by atoms with Crippen LogP contribution in [0.4, 0.5) is 0 Å². The number of aryl methyl sites for hydroxylation is 1. The Balaban J connectivity index is 1.15. The van der Waals surface area contributed by atoms with E-state index in [2.05, 4.69) is 27.6 Å². The van der Waals surface area contributed by atoms with E-state index in [0.29, 0.717) is 51.0 Å². The quantitative estimate of drug-likeness (QED) is 0.306. The number of nitrogens with one attached hydrogen (secondary N) is 1. The van der Waals surface area contributed by atoms with E-state index < -0.39 is 12.0 Å². The third-order valence-corrected chi connectivity index (χ3v) is 8.52. The lowest BCUT2D eigenvalue weighted by Crippen LogP contribution is -2.47. The van der Waals surface area contributed by atoms with Crippen LogP contribution in [0.25, 0.3) is 10.4 Å². The van der Waals surface area contributed by atoms with Crippen molar-refractivity contribution in [2.45, 2.75) is 71.2 Å². The Morgan fingerprint density at radius 1 is 1.20 bits per heavy atom. The third-order valence-electron chi connectivity index (χ3n) is 7.54. The van der Waals surface area contributed by atoms with E-state index in [0.717, 1.165) is 41.0 Å². The van der Waals surface area contributed by atoms with Gasteiger partial charge in [0.15, 0.2) is 12.1 Å². The van der Waals surface area contributed by atoms with Gasteiger partial charge in [-0.15, -0.1) is 11.3 Å². The first-order valence-electron chi connectivity index (χ1n) is 14.3. The summed E-state index contributed by atoms with van der Waals surface area (Å²) in [6.07, 6.45) is 2.73. The predicted molar refractivity (Wildman–Crippen MR) is 153 cm³/mol. The van der Waals surface area contributed by atoms with Gasteiger partial charge in [-0.05, 0) is 48.4 Å². The smallest absolute Gasteiger partial charge is 0.254 e. The second kappa shape index (κ2) is 13.6. The molecule has 0 aliphatic carbocycles. The molecule has 0 radical (unpaired) electrons. The summed E-state index contributed by atoms with van der Waals surface area (Å²) in [6.45, 7) is 8.57. The minimum atomic E-state index is -0.559. The Kier molecular flexibility index (Phi) is 9.68. The van der Waals surface area contributed by atoms with Crippen LogP contribution in [0.1, 0.15) is 62.5 Å². The lowest BCUT2D eigenvalue weighted by atomic mass is 9.91. The van der Waals surface area contributed by atoms with Gasteiger partial charge < -0.3 is 29.0 Å². The summed E-state index contributed by atoms with van der Waals surface area (Å²) < 4.78 is 22.2. The van der Waals surface area contributed by atoms with Gasteiger partial charge in [0.05, 0.1) is 35.9 Å². The molecule has 220 valence electrons. The number of ether oxygens (including phenoxy) is 3. The molecule has 2 unspecified atom stereocenters. The van der Waals surface area contributed by atoms with Gasteiger partial charge in [-0.2, -0.15) is 0 Å². The van der Waals surface area contributed by atoms with Crippen LogP contribution in [0.5, 0.6) is 5.88 Å². The summed E-state index contributed by atoms with van der Waals surface area (Å²) >= 11 is 1.61. The van der Waals surface area contributed by atoms with Crippen LogP contribution in [0.15, 0.2) is 40.4 Å². The number of rotatable bonds is 12. The monoisotopic (exact) mass is 582 g/mol. The zero-order chi connectivity index (χ0) is 28.8. The number of carbonyl (C=O) groups excluding carboxylic acids is 2. The lowest BCUT2D eigenvalue weighted by molar-refractivity contribution is -0.140. The van der Waals surface area contributed by atoms with Crippen LogP contribution in [0.3, 0.4) is 0 Å². The highest BCUT2D eigenvalue weighted by atomic mass is 32.1. The molecule has 1 aromatic carbocycles. The number of aromatic nitrogens is 2. The molecule has 10 nitrogen and oxygen atoms in total. The highest BCUT2D eigenvalue weighted by Crippen LogP contribution is 2.32. The molecule has 4 heterocycles. The third kappa shape index (κ3) is 7.14. The standard InChI is InChI=1S/C30H38N4O6S/c1-19(2)27(24-16-25(33-40-24)37-13-5-7-26-38-14-15-39-26)30(36)34-12-4-6-23(34)29(35)31-17-21-8-10-22(11-9-21)28-20(3)32-18-41-28/h8-11,16,18-19,23,26-27H,4-7,12-15,17H2,1-3H3,(H,31,35). The number of hydrogen-bond donors (Lipinski definition) is 1. The maximum absolute atomic E-state index is 13.8. The minimum Gasteiger partial charge on any atom is -0.476 e. The Morgan fingerprint density at radius 3 is 2.68 bits per heavy atom. The van der Waals surface area contributed by atoms with E-state index in [4.69, 9.17) is 18.7 Å². The summed E-state index contributed by atoms with van der Waals surface area (Å²) in [4.78, 5) is 34.1. The Morgan fingerprint density at radius 2 is 1.98 bits per heavy atom. The van der Waals surface area contributed by atoms with Gasteiger partial charge in [-0.3, -0.25) is 9.59 Å². The number of likely N-dealkylation sites (tertiary alicyclic amines) is 1. The van der Waals surface area contributed by atoms with Crippen LogP contribution in [0, 0.1) is 12.8 Å². The number of thiazole rings is 1. The molecule has 2 fully saturated rings. The molecule has 1 N–H and O–H groups in total. The number of nitrogens with zero attached hydrogens (tertiary/aromatic N) is 3. The van der Waals surface area contributed by atoms with Crippen LogP contribution in [-0.2, 0) is 25.6 Å². The minimum absolute atomic E-state index is 0.0510. The average Bonchev–Trinajstić information content (AvgIpc) is 3.78. The number of benzene rings is 1. The maximum atomic E-state index is 13.8. The van der Waals surface area contributed by atoms with Crippen molar-refractivity contribution in [3.05, 3.63) is 52.9 Å². The molecule has 5 rings (SSSR count). The van der Waals surface area contributed by atoms with Crippen molar-refractivity contribution in [3.8, 4) is 16.3 Å². The van der Waals surface area contributed by atoms with E-state index in [-0.39, 0.29) is 24.0 Å². The van der Waals surface area contributed by atoms with E-state index in [1.165, 1.54) is 0 Å². The molecule has 2 aromatic heterocycles. The fourth-order valence-electron chi connectivity index (χ4n) is 5.36. The van der Waals surface area contributed by atoms with Gasteiger partial charge >= 0.3 is 0 Å². The molecule has 2 aliphatic heterocycles. The van der Waals surface area contributed by atoms with Gasteiger partial charge in [-0.1, -0.05) is 38.1 Å². The van der Waals surface area contributed by atoms with Crippen LogP contribution in [0.2, 0.25) is 0 Å². The average molecular weight is 583 g/mol. The van der Waals surface area contributed by atoms with Crippen LogP contribution >= 0.6 is 11.3 Å². The summed E-state index contributed by atoms with van der Waals surface area (Å²) in [6, 6.07) is 9.31. The molecular formula is C30H38N4O6S. The molecule has 2 saturated heterocycles. The Bertz CT molecular complexity index is 1300. The van der Waals surface area contributed by atoms with Crippen molar-refractivity contribution in [3.63, 3.8) is 0 Å². The molecule has 0 spiro atoms. The Hall–Kier alpha value is -3.28. The zero-order valence-corrected chi connectivity index (χ0v) is 24.7. The first-order valence-corrected chi connectivity index (χ1v) is 15.2. The predicted octanol–water partition coefficient (Wildman–Crippen LogP) is 4.69. The van der Waals surface area contributed by atoms with Crippen molar-refractivity contribution in [1.29, 1.82) is 0 Å². The molecule has 2 amide bonds. The van der Waals surface area contributed by atoms with Crippen molar-refractivity contribution >= 4 is 23.2 Å². The van der Waals surface area contributed by atoms with Crippen molar-refractivity contribution in [2.24, 2.45) is 5.92 Å². The van der Waals surface area contributed by atoms with Gasteiger partial charge in [0.2, 0.25) is 11.8 Å². The fourth-order valence-corrected chi connectivity index (χ4v) is 6.18. The highest BCUT2D eigenvalue weighted by molar-refractivity contribution is 7.13. The van der Waals surface area contributed by atoms with E-state index in [1.807, 2.05) is 38.4 Å². The second-order valence-corrected chi connectivity index (χ2v) is 11.7. The summed E-state index contributed by atoms with van der Waals surface area (Å²) in [5, 5.41) is 7.07. The second-order valence-electron chi connectivity index (χ2n) is 10.8. The number of amides is 2. The molecular weight excluding hydrogens is 544 g/mol. The molecule has 2 atom stereocenters. The topological polar surface area (TPSA) is 116 Å². The molecule has 0 saturated carbocycles. The summed E-state index contributed by atoms with van der Waals surface area (Å²) in [5.41, 5.74) is 4.97. The number of hydrogen-bond acceptors (Lipinski definition) is 9. The first kappa shape index (κ1) is 29.2. The van der Waals surface area contributed by atoms with Crippen molar-refractivity contribution in [2.75, 3.05) is 26.4 Å². The van der Waals surface area contributed by atoms with Gasteiger partial charge in [0, 0.05) is 25.6 Å². The van der Waals surface area contributed by atoms with Gasteiger partial charge in [0.1, 0.15) is 12.0 Å². The summed E-state index contributed by atoms with van der Waals surface area (Å²) in [7, 11) is 0. The van der Waals surface area contributed by atoms with E-state index in [1.54, 1.807) is 22.3 Å². The molecule has 0 bridgehead atoms. The van der Waals surface area contributed by atoms with Crippen molar-refractivity contribution in [1.82, 2.24) is 20.4 Å². The first-order chi connectivity index (χ1) is 19.9. The highest BCUT2D eigenvalue weighted by Gasteiger charge is 2.40. The largest absolute Gasteiger partial charge is 0.476 e. The maximum Gasteiger partial charge on any atom is 0.254 e. The zero-order valence-electron chi connectivity index (χ0n) is 23.8. The Labute approximate surface area is 244 Å². The molecule has 11 heteroatoms. The normalized spacial score (nSPS) is 18.2. The van der Waals surface area contributed by atoms with E-state index >= 15 is 0 Å². The van der Waals surface area contributed by atoms with Gasteiger partial charge in [0.25, 0.3) is 5.88 Å². The van der Waals surface area contributed by atoms with Crippen molar-refractivity contribution < 1.29 is 28.3 Å². The molecule has 3 aromatic rings. The SMILES string of the molecule is Cc1ncsc1-c1ccc(CNC(=O)C2CCCN2C(=O)C(c2cc(OCCCC3OCCO3)no2)C(C)C)cc1. The van der Waals surface area contributed by atoms with Crippen LogP contribution in [-0.4, -0.2) is 65.6 Å².